The fourth-order valence-corrected chi connectivity index (χ4v) is 2.59. The third kappa shape index (κ3) is 3.19. The molecule has 1 aliphatic rings. The lowest BCUT2D eigenvalue weighted by molar-refractivity contribution is 0.0384. The first-order valence-electron chi connectivity index (χ1n) is 6.29. The van der Waals surface area contributed by atoms with Gasteiger partial charge in [-0.2, -0.15) is 0 Å². The van der Waals surface area contributed by atoms with Crippen molar-refractivity contribution in [2.24, 2.45) is 10.9 Å². The van der Waals surface area contributed by atoms with Crippen LogP contribution >= 0.6 is 15.9 Å². The van der Waals surface area contributed by atoms with E-state index in [1.54, 1.807) is 0 Å². The molecule has 1 saturated heterocycles. The molecular weight excluding hydrogens is 310 g/mol. The number of hydrogen-bond acceptors (Lipinski definition) is 4. The van der Waals surface area contributed by atoms with Gasteiger partial charge >= 0.3 is 0 Å². The second-order valence-electron chi connectivity index (χ2n) is 4.49. The molecule has 1 aliphatic heterocycles. The number of morpholine rings is 1. The normalized spacial score (nSPS) is 20.6. The van der Waals surface area contributed by atoms with Crippen molar-refractivity contribution in [1.82, 2.24) is 0 Å². The second-order valence-corrected chi connectivity index (χ2v) is 5.41. The Morgan fingerprint density at radius 2 is 2.42 bits per heavy atom. The van der Waals surface area contributed by atoms with Gasteiger partial charge in [0.1, 0.15) is 0 Å². The van der Waals surface area contributed by atoms with Gasteiger partial charge in [0.2, 0.25) is 0 Å². The number of nitrogens with zero attached hydrogens (tertiary/aromatic N) is 2. The summed E-state index contributed by atoms with van der Waals surface area (Å²) >= 11 is 3.41. The summed E-state index contributed by atoms with van der Waals surface area (Å²) < 4.78 is 6.57. The zero-order chi connectivity index (χ0) is 13.8. The number of amidine groups is 1. The standard InChI is InChI=1S/C13H18BrN3O2/c1-2-10-8-17(5-6-19-10)12-4-3-9(14)7-11(12)13(15)16-18/h3-4,7,10,18H,2,5-6,8H2,1H3,(H2,15,16). The first kappa shape index (κ1) is 14.1. The van der Waals surface area contributed by atoms with Gasteiger partial charge < -0.3 is 20.6 Å². The van der Waals surface area contributed by atoms with E-state index in [1.807, 2.05) is 18.2 Å². The fraction of sp³-hybridized carbons (Fsp3) is 0.462. The van der Waals surface area contributed by atoms with Gasteiger partial charge in [0.05, 0.1) is 12.7 Å². The van der Waals surface area contributed by atoms with Crippen molar-refractivity contribution in [2.75, 3.05) is 24.6 Å². The van der Waals surface area contributed by atoms with Gasteiger partial charge in [-0.3, -0.25) is 0 Å². The highest BCUT2D eigenvalue weighted by Gasteiger charge is 2.22. The Balaban J connectivity index is 2.33. The van der Waals surface area contributed by atoms with Crippen LogP contribution in [0.15, 0.2) is 27.8 Å². The molecule has 0 aromatic heterocycles. The van der Waals surface area contributed by atoms with E-state index in [4.69, 9.17) is 15.7 Å². The van der Waals surface area contributed by atoms with E-state index in [2.05, 4.69) is 32.9 Å². The highest BCUT2D eigenvalue weighted by molar-refractivity contribution is 9.10. The lowest BCUT2D eigenvalue weighted by Crippen LogP contribution is -2.43. The predicted molar refractivity (Wildman–Crippen MR) is 78.9 cm³/mol. The van der Waals surface area contributed by atoms with E-state index in [0.29, 0.717) is 6.61 Å². The third-order valence-electron chi connectivity index (χ3n) is 3.28. The average molecular weight is 328 g/mol. The van der Waals surface area contributed by atoms with Crippen LogP contribution in [0.2, 0.25) is 0 Å². The lowest BCUT2D eigenvalue weighted by Gasteiger charge is -2.35. The van der Waals surface area contributed by atoms with Gasteiger partial charge in [0.15, 0.2) is 5.84 Å². The van der Waals surface area contributed by atoms with Crippen molar-refractivity contribution in [2.45, 2.75) is 19.4 Å². The van der Waals surface area contributed by atoms with Crippen molar-refractivity contribution in [3.05, 3.63) is 28.2 Å². The zero-order valence-electron chi connectivity index (χ0n) is 10.8. The molecule has 1 atom stereocenters. The average Bonchev–Trinajstić information content (AvgIpc) is 2.46. The van der Waals surface area contributed by atoms with Crippen LogP contribution in [0.25, 0.3) is 0 Å². The summed E-state index contributed by atoms with van der Waals surface area (Å²) in [5.74, 6) is 0.121. The Morgan fingerprint density at radius 1 is 1.63 bits per heavy atom. The van der Waals surface area contributed by atoms with E-state index < -0.39 is 0 Å². The van der Waals surface area contributed by atoms with E-state index in [0.717, 1.165) is 35.2 Å². The van der Waals surface area contributed by atoms with Crippen molar-refractivity contribution in [1.29, 1.82) is 0 Å². The highest BCUT2D eigenvalue weighted by Crippen LogP contribution is 2.26. The maximum Gasteiger partial charge on any atom is 0.172 e. The van der Waals surface area contributed by atoms with Crippen LogP contribution in [0.4, 0.5) is 5.69 Å². The third-order valence-corrected chi connectivity index (χ3v) is 3.77. The summed E-state index contributed by atoms with van der Waals surface area (Å²) in [4.78, 5) is 2.22. The summed E-state index contributed by atoms with van der Waals surface area (Å²) in [7, 11) is 0. The van der Waals surface area contributed by atoms with E-state index in [-0.39, 0.29) is 11.9 Å². The maximum atomic E-state index is 8.90. The smallest absolute Gasteiger partial charge is 0.172 e. The largest absolute Gasteiger partial charge is 0.409 e. The number of hydrogen-bond donors (Lipinski definition) is 2. The Morgan fingerprint density at radius 3 is 3.11 bits per heavy atom. The Bertz CT molecular complexity index is 479. The van der Waals surface area contributed by atoms with Crippen LogP contribution in [-0.2, 0) is 4.74 Å². The molecule has 1 aromatic carbocycles. The molecular formula is C13H18BrN3O2. The van der Waals surface area contributed by atoms with Gasteiger partial charge in [0.25, 0.3) is 0 Å². The minimum atomic E-state index is 0.121. The summed E-state index contributed by atoms with van der Waals surface area (Å²) in [5.41, 5.74) is 7.46. The van der Waals surface area contributed by atoms with Crippen molar-refractivity contribution in [3.8, 4) is 0 Å². The predicted octanol–water partition coefficient (Wildman–Crippen LogP) is 2.16. The first-order chi connectivity index (χ1) is 9.15. The molecule has 1 heterocycles. The molecule has 0 radical (unpaired) electrons. The van der Waals surface area contributed by atoms with E-state index >= 15 is 0 Å². The SMILES string of the molecule is CCC1CN(c2ccc(Br)cc2/C(N)=N/O)CCO1. The number of nitrogens with two attached hydrogens (primary N) is 1. The lowest BCUT2D eigenvalue weighted by atomic mass is 10.1. The van der Waals surface area contributed by atoms with Crippen molar-refractivity contribution >= 4 is 27.5 Å². The molecule has 0 bridgehead atoms. The van der Waals surface area contributed by atoms with Gasteiger partial charge in [0, 0.05) is 28.8 Å². The van der Waals surface area contributed by atoms with Crippen LogP contribution in [-0.4, -0.2) is 36.8 Å². The topological polar surface area (TPSA) is 71.1 Å². The van der Waals surface area contributed by atoms with Crippen LogP contribution < -0.4 is 10.6 Å². The molecule has 0 amide bonds. The first-order valence-corrected chi connectivity index (χ1v) is 7.09. The van der Waals surface area contributed by atoms with Gasteiger partial charge in [-0.05, 0) is 24.6 Å². The minimum absolute atomic E-state index is 0.121. The second kappa shape index (κ2) is 6.25. The quantitative estimate of drug-likeness (QED) is 0.386. The summed E-state index contributed by atoms with van der Waals surface area (Å²) in [6.45, 7) is 4.44. The van der Waals surface area contributed by atoms with Gasteiger partial charge in [-0.25, -0.2) is 0 Å². The minimum Gasteiger partial charge on any atom is -0.409 e. The van der Waals surface area contributed by atoms with Crippen LogP contribution in [0.1, 0.15) is 18.9 Å². The number of anilines is 1. The number of benzene rings is 1. The monoisotopic (exact) mass is 327 g/mol. The van der Waals surface area contributed by atoms with Crippen molar-refractivity contribution in [3.63, 3.8) is 0 Å². The molecule has 1 unspecified atom stereocenters. The molecule has 1 aromatic rings. The maximum absolute atomic E-state index is 8.90. The Hall–Kier alpha value is -1.27. The van der Waals surface area contributed by atoms with E-state index in [9.17, 15) is 0 Å². The van der Waals surface area contributed by atoms with Crippen LogP contribution in [0.3, 0.4) is 0 Å². The molecule has 0 spiro atoms. The van der Waals surface area contributed by atoms with E-state index in [1.165, 1.54) is 0 Å². The van der Waals surface area contributed by atoms with Crippen LogP contribution in [0.5, 0.6) is 0 Å². The number of ether oxygens (including phenoxy) is 1. The van der Waals surface area contributed by atoms with Gasteiger partial charge in [-0.15, -0.1) is 0 Å². The molecule has 19 heavy (non-hydrogen) atoms. The fourth-order valence-electron chi connectivity index (χ4n) is 2.23. The Kier molecular flexibility index (Phi) is 4.66. The molecule has 0 saturated carbocycles. The van der Waals surface area contributed by atoms with Gasteiger partial charge in [-0.1, -0.05) is 28.0 Å². The number of rotatable bonds is 3. The summed E-state index contributed by atoms with van der Waals surface area (Å²) in [6.07, 6.45) is 1.21. The van der Waals surface area contributed by atoms with Crippen LogP contribution in [0, 0.1) is 0 Å². The molecule has 0 aliphatic carbocycles. The molecule has 5 nitrogen and oxygen atoms in total. The number of halogens is 1. The molecule has 104 valence electrons. The molecule has 1 fully saturated rings. The Labute approximate surface area is 121 Å². The van der Waals surface area contributed by atoms with Crippen molar-refractivity contribution < 1.29 is 9.94 Å². The highest BCUT2D eigenvalue weighted by atomic mass is 79.9. The number of oxime groups is 1. The zero-order valence-corrected chi connectivity index (χ0v) is 12.4. The molecule has 3 N–H and O–H groups in total. The molecule has 2 rings (SSSR count). The summed E-state index contributed by atoms with van der Waals surface area (Å²) in [5, 5.41) is 12.0. The molecule has 6 heteroatoms. The summed E-state index contributed by atoms with van der Waals surface area (Å²) in [6, 6.07) is 5.80.